The molecule has 0 fully saturated rings. The first-order valence-electron chi connectivity index (χ1n) is 4.02. The van der Waals surface area contributed by atoms with E-state index >= 15 is 0 Å². The molecule has 0 amide bonds. The minimum atomic E-state index is -0.500. The minimum absolute atomic E-state index is 0.171. The van der Waals surface area contributed by atoms with E-state index in [1.807, 2.05) is 0 Å². The summed E-state index contributed by atoms with van der Waals surface area (Å²) in [7, 11) is 2.77. The van der Waals surface area contributed by atoms with Gasteiger partial charge in [-0.15, -0.1) is 0 Å². The summed E-state index contributed by atoms with van der Waals surface area (Å²) in [4.78, 5) is 11.2. The van der Waals surface area contributed by atoms with Crippen molar-refractivity contribution < 1.29 is 23.8 Å². The van der Waals surface area contributed by atoms with Gasteiger partial charge in [0.1, 0.15) is 30.3 Å². The van der Waals surface area contributed by atoms with Gasteiger partial charge < -0.3 is 19.0 Å². The molecule has 0 radical (unpaired) electrons. The largest absolute Gasteiger partial charge is 0.465 e. The Kier molecular flexibility index (Phi) is 3.67. The molecule has 1 aromatic heterocycles. The van der Waals surface area contributed by atoms with Crippen molar-refractivity contribution in [2.45, 2.75) is 13.2 Å². The first kappa shape index (κ1) is 10.7. The number of carbonyl (C=O) groups is 1. The molecule has 5 heteroatoms. The molecule has 0 unspecified atom stereocenters. The number of esters is 1. The Morgan fingerprint density at radius 1 is 1.57 bits per heavy atom. The monoisotopic (exact) mass is 200 g/mol. The molecule has 14 heavy (non-hydrogen) atoms. The maximum absolute atomic E-state index is 11.2. The van der Waals surface area contributed by atoms with Gasteiger partial charge in [-0.2, -0.15) is 0 Å². The van der Waals surface area contributed by atoms with Crippen LogP contribution in [0.2, 0.25) is 0 Å². The van der Waals surface area contributed by atoms with E-state index in [0.29, 0.717) is 17.1 Å². The molecule has 5 nitrogen and oxygen atoms in total. The summed E-state index contributed by atoms with van der Waals surface area (Å²) in [6, 6.07) is 1.44. The van der Waals surface area contributed by atoms with Crippen molar-refractivity contribution in [2.75, 3.05) is 14.2 Å². The minimum Gasteiger partial charge on any atom is -0.465 e. The van der Waals surface area contributed by atoms with Crippen LogP contribution in [-0.2, 0) is 22.7 Å². The Hall–Kier alpha value is -1.33. The van der Waals surface area contributed by atoms with Crippen LogP contribution in [0.4, 0.5) is 0 Å². The highest BCUT2D eigenvalue weighted by Gasteiger charge is 2.17. The first-order chi connectivity index (χ1) is 6.72. The normalized spacial score (nSPS) is 10.2. The maximum atomic E-state index is 11.2. The highest BCUT2D eigenvalue weighted by atomic mass is 16.5. The summed E-state index contributed by atoms with van der Waals surface area (Å²) in [5.74, 6) is 0.182. The molecule has 0 aromatic carbocycles. The highest BCUT2D eigenvalue weighted by Crippen LogP contribution is 2.17. The van der Waals surface area contributed by atoms with E-state index in [0.717, 1.165) is 0 Å². The highest BCUT2D eigenvalue weighted by molar-refractivity contribution is 5.90. The van der Waals surface area contributed by atoms with Crippen LogP contribution in [0.1, 0.15) is 21.9 Å². The molecule has 1 aromatic rings. The zero-order valence-corrected chi connectivity index (χ0v) is 8.07. The van der Waals surface area contributed by atoms with Crippen LogP contribution >= 0.6 is 0 Å². The third kappa shape index (κ3) is 2.12. The summed E-state index contributed by atoms with van der Waals surface area (Å²) in [6.07, 6.45) is 0. The average molecular weight is 200 g/mol. The van der Waals surface area contributed by atoms with Gasteiger partial charge in [0.15, 0.2) is 0 Å². The van der Waals surface area contributed by atoms with Gasteiger partial charge in [0.2, 0.25) is 0 Å². The van der Waals surface area contributed by atoms with E-state index in [9.17, 15) is 4.79 Å². The number of hydrogen-bond acceptors (Lipinski definition) is 5. The molecule has 0 saturated carbocycles. The molecule has 1 N–H and O–H groups in total. The van der Waals surface area contributed by atoms with Crippen LogP contribution in [0.25, 0.3) is 0 Å². The van der Waals surface area contributed by atoms with Crippen molar-refractivity contribution in [3.63, 3.8) is 0 Å². The summed E-state index contributed by atoms with van der Waals surface area (Å²) in [5, 5.41) is 8.81. The Morgan fingerprint density at radius 3 is 2.79 bits per heavy atom. The zero-order valence-electron chi connectivity index (χ0n) is 8.07. The van der Waals surface area contributed by atoms with Crippen molar-refractivity contribution >= 4 is 5.97 Å². The molecule has 1 heterocycles. The van der Waals surface area contributed by atoms with Crippen molar-refractivity contribution in [2.24, 2.45) is 0 Å². The standard InChI is InChI=1S/C9H12O5/c1-12-5-8-7(9(11)13-2)3-6(4-10)14-8/h3,10H,4-5H2,1-2H3. The molecule has 0 aliphatic carbocycles. The van der Waals surface area contributed by atoms with Crippen LogP contribution in [0.5, 0.6) is 0 Å². The van der Waals surface area contributed by atoms with Gasteiger partial charge in [-0.25, -0.2) is 4.79 Å². The predicted octanol–water partition coefficient (Wildman–Crippen LogP) is 0.705. The number of methoxy groups -OCH3 is 2. The molecular weight excluding hydrogens is 188 g/mol. The molecule has 0 saturated heterocycles. The molecule has 0 spiro atoms. The third-order valence-electron chi connectivity index (χ3n) is 1.70. The van der Waals surface area contributed by atoms with Gasteiger partial charge >= 0.3 is 5.97 Å². The number of carbonyl (C=O) groups excluding carboxylic acids is 1. The molecule has 0 atom stereocenters. The number of hydrogen-bond donors (Lipinski definition) is 1. The maximum Gasteiger partial charge on any atom is 0.341 e. The van der Waals surface area contributed by atoms with Crippen molar-refractivity contribution in [1.29, 1.82) is 0 Å². The number of furan rings is 1. The van der Waals surface area contributed by atoms with Gasteiger partial charge in [-0.1, -0.05) is 0 Å². The van der Waals surface area contributed by atoms with E-state index in [4.69, 9.17) is 14.3 Å². The molecule has 0 bridgehead atoms. The van der Waals surface area contributed by atoms with Crippen LogP contribution in [-0.4, -0.2) is 25.3 Å². The second-order valence-electron chi connectivity index (χ2n) is 2.63. The van der Waals surface area contributed by atoms with Gasteiger partial charge in [0.05, 0.1) is 7.11 Å². The quantitative estimate of drug-likeness (QED) is 0.724. The number of ether oxygens (including phenoxy) is 2. The summed E-state index contributed by atoms with van der Waals surface area (Å²) in [6.45, 7) is -0.0852. The molecule has 0 aliphatic heterocycles. The zero-order chi connectivity index (χ0) is 10.6. The third-order valence-corrected chi connectivity index (χ3v) is 1.70. The van der Waals surface area contributed by atoms with Crippen LogP contribution in [0, 0.1) is 0 Å². The number of aliphatic hydroxyl groups excluding tert-OH is 1. The lowest BCUT2D eigenvalue weighted by atomic mass is 10.2. The Labute approximate surface area is 81.2 Å². The molecular formula is C9H12O5. The second-order valence-corrected chi connectivity index (χ2v) is 2.63. The topological polar surface area (TPSA) is 68.9 Å². The van der Waals surface area contributed by atoms with Crippen molar-refractivity contribution in [3.05, 3.63) is 23.2 Å². The summed E-state index contributed by atoms with van der Waals surface area (Å²) in [5.41, 5.74) is 0.290. The smallest absolute Gasteiger partial charge is 0.341 e. The number of rotatable bonds is 4. The summed E-state index contributed by atoms with van der Waals surface area (Å²) >= 11 is 0. The van der Waals surface area contributed by atoms with Gasteiger partial charge in [-0.05, 0) is 6.07 Å². The van der Waals surface area contributed by atoms with Crippen LogP contribution in [0.15, 0.2) is 10.5 Å². The van der Waals surface area contributed by atoms with Crippen LogP contribution in [0.3, 0.4) is 0 Å². The van der Waals surface area contributed by atoms with Crippen molar-refractivity contribution in [1.82, 2.24) is 0 Å². The summed E-state index contributed by atoms with van der Waals surface area (Å²) < 4.78 is 14.5. The lowest BCUT2D eigenvalue weighted by Crippen LogP contribution is -2.03. The van der Waals surface area contributed by atoms with Gasteiger partial charge in [0, 0.05) is 7.11 Å². The van der Waals surface area contributed by atoms with E-state index in [1.54, 1.807) is 0 Å². The second kappa shape index (κ2) is 4.78. The van der Waals surface area contributed by atoms with E-state index < -0.39 is 5.97 Å². The fourth-order valence-corrected chi connectivity index (χ4v) is 1.08. The Bertz CT molecular complexity index is 315. The predicted molar refractivity (Wildman–Crippen MR) is 46.7 cm³/mol. The van der Waals surface area contributed by atoms with Gasteiger partial charge in [0.25, 0.3) is 0 Å². The Morgan fingerprint density at radius 2 is 2.29 bits per heavy atom. The lowest BCUT2D eigenvalue weighted by molar-refractivity contribution is 0.0592. The van der Waals surface area contributed by atoms with E-state index in [1.165, 1.54) is 20.3 Å². The van der Waals surface area contributed by atoms with Crippen molar-refractivity contribution in [3.8, 4) is 0 Å². The molecule has 0 aliphatic rings. The van der Waals surface area contributed by atoms with E-state index in [-0.39, 0.29) is 13.2 Å². The number of aliphatic hydroxyl groups is 1. The van der Waals surface area contributed by atoms with E-state index in [2.05, 4.69) is 4.74 Å². The molecule has 1 rings (SSSR count). The average Bonchev–Trinajstić information content (AvgIpc) is 2.61. The lowest BCUT2D eigenvalue weighted by Gasteiger charge is -1.98. The van der Waals surface area contributed by atoms with Gasteiger partial charge in [-0.3, -0.25) is 0 Å². The Balaban J connectivity index is 2.99. The first-order valence-corrected chi connectivity index (χ1v) is 4.02. The van der Waals surface area contributed by atoms with Crippen LogP contribution < -0.4 is 0 Å². The fraction of sp³-hybridized carbons (Fsp3) is 0.444. The SMILES string of the molecule is COCc1oc(CO)cc1C(=O)OC. The fourth-order valence-electron chi connectivity index (χ4n) is 1.08. The molecule has 78 valence electrons.